The first kappa shape index (κ1) is 19.5. The van der Waals surface area contributed by atoms with Crippen molar-refractivity contribution in [3.63, 3.8) is 0 Å². The smallest absolute Gasteiger partial charge is 0.407 e. The molecule has 1 aliphatic carbocycles. The zero-order valence-corrected chi connectivity index (χ0v) is 15.8. The number of hydrogen-bond acceptors (Lipinski definition) is 4. The maximum atomic E-state index is 12.3. The maximum Gasteiger partial charge on any atom is 0.407 e. The van der Waals surface area contributed by atoms with E-state index in [0.717, 1.165) is 22.3 Å². The highest BCUT2D eigenvalue weighted by Crippen LogP contribution is 2.44. The lowest BCUT2D eigenvalue weighted by molar-refractivity contribution is -0.145. The molecule has 0 fully saturated rings. The van der Waals surface area contributed by atoms with Crippen molar-refractivity contribution < 1.29 is 19.1 Å². The van der Waals surface area contributed by atoms with Gasteiger partial charge in [-0.05, 0) is 28.7 Å². The molecule has 0 saturated carbocycles. The molecule has 1 unspecified atom stereocenters. The van der Waals surface area contributed by atoms with Gasteiger partial charge in [-0.2, -0.15) is 0 Å². The molecule has 2 aromatic rings. The third kappa shape index (κ3) is 4.17. The Morgan fingerprint density at radius 2 is 1.68 bits per heavy atom. The molecule has 0 bridgehead atoms. The largest absolute Gasteiger partial charge is 0.464 e. The van der Waals surface area contributed by atoms with E-state index in [-0.39, 0.29) is 25.6 Å². The number of rotatable bonds is 7. The Bertz CT molecular complexity index is 854. The van der Waals surface area contributed by atoms with Crippen molar-refractivity contribution in [3.05, 3.63) is 59.7 Å². The maximum absolute atomic E-state index is 12.3. The molecule has 0 radical (unpaired) electrons. The summed E-state index contributed by atoms with van der Waals surface area (Å²) in [5.74, 6) is 1.79. The quantitative estimate of drug-likeness (QED) is 0.588. The fourth-order valence-corrected chi connectivity index (χ4v) is 3.40. The number of fused-ring (bicyclic) bond motifs is 3. The molecule has 0 spiro atoms. The minimum atomic E-state index is -0.910. The Balaban J connectivity index is 1.66. The van der Waals surface area contributed by atoms with Gasteiger partial charge in [0.05, 0.1) is 6.61 Å². The van der Waals surface area contributed by atoms with Crippen LogP contribution in [0.5, 0.6) is 0 Å². The molecule has 0 aromatic heterocycles. The first-order valence-electron chi connectivity index (χ1n) is 9.37. The van der Waals surface area contributed by atoms with E-state index in [1.54, 1.807) is 0 Å². The van der Waals surface area contributed by atoms with E-state index in [0.29, 0.717) is 6.42 Å². The molecule has 0 saturated heterocycles. The number of benzene rings is 2. The Hall–Kier alpha value is -3.26. The molecule has 1 atom stereocenters. The average molecular weight is 377 g/mol. The zero-order valence-electron chi connectivity index (χ0n) is 15.8. The monoisotopic (exact) mass is 377 g/mol. The van der Waals surface area contributed by atoms with Gasteiger partial charge in [-0.25, -0.2) is 9.59 Å². The molecule has 3 rings (SSSR count). The van der Waals surface area contributed by atoms with Gasteiger partial charge in [0.2, 0.25) is 0 Å². The molecule has 1 N–H and O–H groups in total. The second-order valence-electron chi connectivity index (χ2n) is 6.60. The van der Waals surface area contributed by atoms with Gasteiger partial charge >= 0.3 is 12.1 Å². The summed E-state index contributed by atoms with van der Waals surface area (Å²) in [6.07, 6.45) is 5.36. The van der Waals surface area contributed by atoms with Crippen LogP contribution in [-0.2, 0) is 14.3 Å². The number of hydrogen-bond donors (Lipinski definition) is 1. The Labute approximate surface area is 165 Å². The lowest BCUT2D eigenvalue weighted by Crippen LogP contribution is -2.42. The summed E-state index contributed by atoms with van der Waals surface area (Å²) in [6, 6.07) is 15.3. The first-order valence-corrected chi connectivity index (χ1v) is 9.37. The lowest BCUT2D eigenvalue weighted by Gasteiger charge is -2.18. The van der Waals surface area contributed by atoms with Crippen LogP contribution < -0.4 is 5.32 Å². The SMILES string of the molecule is C#CCC(NC(=O)OCC1c2ccccc2-c2ccccc21)C(=O)OCCC. The number of terminal acetylenes is 1. The second kappa shape index (κ2) is 9.09. The summed E-state index contributed by atoms with van der Waals surface area (Å²) >= 11 is 0. The number of amides is 1. The Morgan fingerprint density at radius 1 is 1.07 bits per heavy atom. The summed E-state index contributed by atoms with van der Waals surface area (Å²) < 4.78 is 10.5. The third-order valence-electron chi connectivity index (χ3n) is 4.69. The highest BCUT2D eigenvalue weighted by Gasteiger charge is 2.29. The van der Waals surface area contributed by atoms with E-state index in [2.05, 4.69) is 23.4 Å². The normalized spacial score (nSPS) is 13.0. The predicted molar refractivity (Wildman–Crippen MR) is 107 cm³/mol. The molecule has 0 heterocycles. The average Bonchev–Trinajstić information content (AvgIpc) is 3.04. The van der Waals surface area contributed by atoms with E-state index < -0.39 is 18.1 Å². The van der Waals surface area contributed by atoms with Gasteiger partial charge in [0.25, 0.3) is 0 Å². The fraction of sp³-hybridized carbons (Fsp3) is 0.304. The summed E-state index contributed by atoms with van der Waals surface area (Å²) in [5.41, 5.74) is 4.55. The van der Waals surface area contributed by atoms with Gasteiger partial charge in [-0.1, -0.05) is 55.5 Å². The molecule has 2 aromatic carbocycles. The van der Waals surface area contributed by atoms with Crippen LogP contribution in [0.15, 0.2) is 48.5 Å². The summed E-state index contributed by atoms with van der Waals surface area (Å²) in [5, 5.41) is 2.52. The van der Waals surface area contributed by atoms with Crippen molar-refractivity contribution >= 4 is 12.1 Å². The van der Waals surface area contributed by atoms with E-state index in [1.807, 2.05) is 43.3 Å². The fourth-order valence-electron chi connectivity index (χ4n) is 3.40. The highest BCUT2D eigenvalue weighted by molar-refractivity contribution is 5.82. The van der Waals surface area contributed by atoms with Gasteiger partial charge in [0.15, 0.2) is 0 Å². The van der Waals surface area contributed by atoms with Crippen LogP contribution in [0.4, 0.5) is 4.79 Å². The molecule has 28 heavy (non-hydrogen) atoms. The van der Waals surface area contributed by atoms with Crippen LogP contribution in [0.3, 0.4) is 0 Å². The van der Waals surface area contributed by atoms with Crippen LogP contribution in [-0.4, -0.2) is 31.3 Å². The number of ether oxygens (including phenoxy) is 2. The number of carbonyl (C=O) groups is 2. The van der Waals surface area contributed by atoms with Gasteiger partial charge in [0, 0.05) is 12.3 Å². The number of nitrogens with one attached hydrogen (secondary N) is 1. The van der Waals surface area contributed by atoms with E-state index in [9.17, 15) is 9.59 Å². The van der Waals surface area contributed by atoms with Crippen LogP contribution in [0.2, 0.25) is 0 Å². The van der Waals surface area contributed by atoms with Crippen molar-refractivity contribution in [2.45, 2.75) is 31.7 Å². The molecule has 0 aliphatic heterocycles. The number of alkyl carbamates (subject to hydrolysis) is 1. The van der Waals surface area contributed by atoms with Crippen LogP contribution >= 0.6 is 0 Å². The lowest BCUT2D eigenvalue weighted by atomic mass is 9.98. The van der Waals surface area contributed by atoms with E-state index in [4.69, 9.17) is 15.9 Å². The summed E-state index contributed by atoms with van der Waals surface area (Å²) in [7, 11) is 0. The molecule has 144 valence electrons. The van der Waals surface area contributed by atoms with Gasteiger partial charge in [-0.15, -0.1) is 12.3 Å². The highest BCUT2D eigenvalue weighted by atomic mass is 16.6. The predicted octanol–water partition coefficient (Wildman–Crippen LogP) is 3.87. The minimum Gasteiger partial charge on any atom is -0.464 e. The van der Waals surface area contributed by atoms with Gasteiger partial charge < -0.3 is 14.8 Å². The summed E-state index contributed by atoms with van der Waals surface area (Å²) in [4.78, 5) is 24.3. The first-order chi connectivity index (χ1) is 13.7. The van der Waals surface area contributed by atoms with Crippen molar-refractivity contribution in [1.82, 2.24) is 5.32 Å². The van der Waals surface area contributed by atoms with Crippen molar-refractivity contribution in [2.24, 2.45) is 0 Å². The molecule has 1 aliphatic rings. The standard InChI is InChI=1S/C23H23NO4/c1-3-9-21(22(25)27-14-4-2)24-23(26)28-15-20-18-12-7-5-10-16(18)17-11-6-8-13-19(17)20/h1,5-8,10-13,20-21H,4,9,14-15H2,2H3,(H,24,26). The van der Waals surface area contributed by atoms with Gasteiger partial charge in [0.1, 0.15) is 12.6 Å². The molecule has 5 heteroatoms. The topological polar surface area (TPSA) is 64.6 Å². The van der Waals surface area contributed by atoms with E-state index >= 15 is 0 Å². The molecular formula is C23H23NO4. The van der Waals surface area contributed by atoms with Crippen molar-refractivity contribution in [3.8, 4) is 23.5 Å². The number of carbonyl (C=O) groups excluding carboxylic acids is 2. The van der Waals surface area contributed by atoms with Crippen molar-refractivity contribution in [1.29, 1.82) is 0 Å². The minimum absolute atomic E-state index is 0.0451. The Kier molecular flexibility index (Phi) is 6.33. The molecule has 1 amide bonds. The third-order valence-corrected chi connectivity index (χ3v) is 4.69. The summed E-state index contributed by atoms with van der Waals surface area (Å²) in [6.45, 7) is 2.35. The van der Waals surface area contributed by atoms with Crippen LogP contribution in [0.1, 0.15) is 36.8 Å². The Morgan fingerprint density at radius 3 is 2.25 bits per heavy atom. The van der Waals surface area contributed by atoms with Crippen LogP contribution in [0.25, 0.3) is 11.1 Å². The van der Waals surface area contributed by atoms with Crippen LogP contribution in [0, 0.1) is 12.3 Å². The second-order valence-corrected chi connectivity index (χ2v) is 6.60. The van der Waals surface area contributed by atoms with Gasteiger partial charge in [-0.3, -0.25) is 0 Å². The number of esters is 1. The van der Waals surface area contributed by atoms with E-state index in [1.165, 1.54) is 0 Å². The van der Waals surface area contributed by atoms with Crippen molar-refractivity contribution in [2.75, 3.05) is 13.2 Å². The molecule has 5 nitrogen and oxygen atoms in total. The zero-order chi connectivity index (χ0) is 19.9. The molecular weight excluding hydrogens is 354 g/mol.